The zero-order valence-electron chi connectivity index (χ0n) is 16.9. The summed E-state index contributed by atoms with van der Waals surface area (Å²) in [5, 5.41) is 13.4. The lowest BCUT2D eigenvalue weighted by atomic mass is 9.97. The molecule has 2 unspecified atom stereocenters. The lowest BCUT2D eigenvalue weighted by molar-refractivity contribution is 0.0734. The van der Waals surface area contributed by atoms with E-state index in [0.29, 0.717) is 12.0 Å². The summed E-state index contributed by atoms with van der Waals surface area (Å²) in [4.78, 5) is 2.48. The minimum atomic E-state index is -0.112. The highest BCUT2D eigenvalue weighted by atomic mass is 16.3. The van der Waals surface area contributed by atoms with Crippen molar-refractivity contribution in [3.05, 3.63) is 47.7 Å². The number of benzene rings is 1. The average Bonchev–Trinajstić information content (AvgIpc) is 3.15. The summed E-state index contributed by atoms with van der Waals surface area (Å²) < 4.78 is 6.07. The molecule has 0 radical (unpaired) electrons. The Bertz CT molecular complexity index is 687. The number of furan rings is 1. The van der Waals surface area contributed by atoms with Crippen molar-refractivity contribution < 1.29 is 9.52 Å². The van der Waals surface area contributed by atoms with Crippen LogP contribution in [0.1, 0.15) is 44.4 Å². The van der Waals surface area contributed by atoms with Crippen molar-refractivity contribution in [2.24, 2.45) is 5.92 Å². The third-order valence-corrected chi connectivity index (χ3v) is 5.88. The van der Waals surface area contributed by atoms with Gasteiger partial charge in [-0.15, -0.1) is 0 Å². The van der Waals surface area contributed by atoms with Crippen LogP contribution >= 0.6 is 0 Å². The fourth-order valence-electron chi connectivity index (χ4n) is 3.69. The quantitative estimate of drug-likeness (QED) is 0.731. The summed E-state index contributed by atoms with van der Waals surface area (Å²) in [5.74, 6) is 2.51. The fourth-order valence-corrected chi connectivity index (χ4v) is 3.69. The van der Waals surface area contributed by atoms with Crippen LogP contribution < -0.4 is 5.32 Å². The van der Waals surface area contributed by atoms with Crippen molar-refractivity contribution in [2.75, 3.05) is 19.6 Å². The largest absolute Gasteiger partial charge is 0.460 e. The molecular formula is C23H34N2O2. The molecule has 148 valence electrons. The maximum atomic E-state index is 9.73. The molecule has 4 nitrogen and oxygen atoms in total. The molecule has 1 aliphatic heterocycles. The van der Waals surface area contributed by atoms with Gasteiger partial charge in [-0.2, -0.15) is 0 Å². The van der Waals surface area contributed by atoms with E-state index in [1.165, 1.54) is 5.56 Å². The lowest BCUT2D eigenvalue weighted by Crippen LogP contribution is -2.47. The molecule has 2 atom stereocenters. The lowest BCUT2D eigenvalue weighted by Gasteiger charge is -2.34. The number of nitrogens with one attached hydrogen (secondary N) is 1. The Morgan fingerprint density at radius 1 is 1.15 bits per heavy atom. The predicted octanol–water partition coefficient (Wildman–Crippen LogP) is 4.22. The highest BCUT2D eigenvalue weighted by Crippen LogP contribution is 2.23. The molecule has 2 heterocycles. The van der Waals surface area contributed by atoms with Crippen LogP contribution in [-0.4, -0.2) is 41.8 Å². The van der Waals surface area contributed by atoms with Gasteiger partial charge >= 0.3 is 0 Å². The molecule has 1 aliphatic rings. The summed E-state index contributed by atoms with van der Waals surface area (Å²) in [7, 11) is 0. The number of hydrogen-bond acceptors (Lipinski definition) is 4. The smallest absolute Gasteiger partial charge is 0.134 e. The maximum Gasteiger partial charge on any atom is 0.134 e. The van der Waals surface area contributed by atoms with Crippen LogP contribution in [0.4, 0.5) is 0 Å². The van der Waals surface area contributed by atoms with Crippen molar-refractivity contribution in [2.45, 2.75) is 58.7 Å². The van der Waals surface area contributed by atoms with Gasteiger partial charge in [0.25, 0.3) is 0 Å². The molecule has 1 saturated heterocycles. The van der Waals surface area contributed by atoms with E-state index in [-0.39, 0.29) is 6.10 Å². The standard InChI is InChI=1S/C23H34N2O2/c1-4-18(3)22(16-25-13-11-20(26)12-14-25)24-15-21-9-10-23(27-21)19-7-5-17(2)6-8-19/h5-10,18,20,22,24,26H,4,11-16H2,1-3H3. The molecule has 1 aromatic heterocycles. The fraction of sp³-hybridized carbons (Fsp3) is 0.565. The number of piperidine rings is 1. The number of aryl methyl sites for hydroxylation is 1. The van der Waals surface area contributed by atoms with Crippen LogP contribution in [0.25, 0.3) is 11.3 Å². The second-order valence-electron chi connectivity index (χ2n) is 8.04. The van der Waals surface area contributed by atoms with Crippen molar-refractivity contribution >= 4 is 0 Å². The third-order valence-electron chi connectivity index (χ3n) is 5.88. The van der Waals surface area contributed by atoms with E-state index in [1.54, 1.807) is 0 Å². The van der Waals surface area contributed by atoms with Crippen LogP contribution in [0.15, 0.2) is 40.8 Å². The van der Waals surface area contributed by atoms with Gasteiger partial charge in [0.2, 0.25) is 0 Å². The van der Waals surface area contributed by atoms with Gasteiger partial charge in [0.15, 0.2) is 0 Å². The highest BCUT2D eigenvalue weighted by molar-refractivity contribution is 5.57. The summed E-state index contributed by atoms with van der Waals surface area (Å²) in [6.07, 6.45) is 2.83. The molecule has 1 fully saturated rings. The van der Waals surface area contributed by atoms with Crippen molar-refractivity contribution in [1.29, 1.82) is 0 Å². The van der Waals surface area contributed by atoms with Gasteiger partial charge in [-0.1, -0.05) is 50.1 Å². The van der Waals surface area contributed by atoms with Crippen molar-refractivity contribution in [3.63, 3.8) is 0 Å². The summed E-state index contributed by atoms with van der Waals surface area (Å²) in [5.41, 5.74) is 2.38. The Balaban J connectivity index is 1.57. The van der Waals surface area contributed by atoms with Crippen LogP contribution in [0.3, 0.4) is 0 Å². The maximum absolute atomic E-state index is 9.73. The van der Waals surface area contributed by atoms with Gasteiger partial charge < -0.3 is 19.7 Å². The molecule has 27 heavy (non-hydrogen) atoms. The van der Waals surface area contributed by atoms with E-state index >= 15 is 0 Å². The molecule has 0 bridgehead atoms. The van der Waals surface area contributed by atoms with Gasteiger partial charge in [0.1, 0.15) is 11.5 Å². The topological polar surface area (TPSA) is 48.6 Å². The summed E-state index contributed by atoms with van der Waals surface area (Å²) in [6.45, 7) is 10.4. The highest BCUT2D eigenvalue weighted by Gasteiger charge is 2.23. The van der Waals surface area contributed by atoms with E-state index in [0.717, 1.165) is 62.5 Å². The molecular weight excluding hydrogens is 336 g/mol. The number of hydrogen-bond donors (Lipinski definition) is 2. The minimum Gasteiger partial charge on any atom is -0.460 e. The number of aliphatic hydroxyl groups excluding tert-OH is 1. The molecule has 3 rings (SSSR count). The molecule has 1 aromatic carbocycles. The van der Waals surface area contributed by atoms with Gasteiger partial charge in [-0.3, -0.25) is 0 Å². The molecule has 0 aliphatic carbocycles. The van der Waals surface area contributed by atoms with Crippen molar-refractivity contribution in [1.82, 2.24) is 10.2 Å². The number of aliphatic hydroxyl groups is 1. The second-order valence-corrected chi connectivity index (χ2v) is 8.04. The van der Waals surface area contributed by atoms with Crippen LogP contribution in [0.2, 0.25) is 0 Å². The summed E-state index contributed by atoms with van der Waals surface area (Å²) >= 11 is 0. The molecule has 2 N–H and O–H groups in total. The van der Waals surface area contributed by atoms with Gasteiger partial charge in [0, 0.05) is 31.2 Å². The SMILES string of the molecule is CCC(C)C(CN1CCC(O)CC1)NCc1ccc(-c2ccc(C)cc2)o1. The van der Waals surface area contributed by atoms with Crippen LogP contribution in [0, 0.1) is 12.8 Å². The van der Waals surface area contributed by atoms with E-state index in [4.69, 9.17) is 4.42 Å². The van der Waals surface area contributed by atoms with E-state index in [2.05, 4.69) is 67.4 Å². The predicted molar refractivity (Wildman–Crippen MR) is 111 cm³/mol. The van der Waals surface area contributed by atoms with E-state index < -0.39 is 0 Å². The van der Waals surface area contributed by atoms with Gasteiger partial charge in [-0.25, -0.2) is 0 Å². The van der Waals surface area contributed by atoms with E-state index in [9.17, 15) is 5.11 Å². The zero-order chi connectivity index (χ0) is 19.2. The third kappa shape index (κ3) is 5.68. The second kappa shape index (κ2) is 9.54. The average molecular weight is 371 g/mol. The van der Waals surface area contributed by atoms with Gasteiger partial charge in [0.05, 0.1) is 12.6 Å². The normalized spacial score (nSPS) is 18.5. The minimum absolute atomic E-state index is 0.112. The number of likely N-dealkylation sites (tertiary alicyclic amines) is 1. The monoisotopic (exact) mass is 370 g/mol. The Hall–Kier alpha value is -1.62. The molecule has 0 saturated carbocycles. The number of rotatable bonds is 8. The Morgan fingerprint density at radius 3 is 2.52 bits per heavy atom. The number of nitrogens with zero attached hydrogens (tertiary/aromatic N) is 1. The molecule has 0 amide bonds. The van der Waals surface area contributed by atoms with Crippen LogP contribution in [0.5, 0.6) is 0 Å². The molecule has 4 heteroatoms. The first-order valence-electron chi connectivity index (χ1n) is 10.3. The first-order chi connectivity index (χ1) is 13.0. The first kappa shape index (κ1) is 20.1. The molecule has 0 spiro atoms. The van der Waals surface area contributed by atoms with Gasteiger partial charge in [-0.05, 0) is 37.8 Å². The zero-order valence-corrected chi connectivity index (χ0v) is 16.9. The summed E-state index contributed by atoms with van der Waals surface area (Å²) in [6, 6.07) is 13.0. The van der Waals surface area contributed by atoms with Crippen molar-refractivity contribution in [3.8, 4) is 11.3 Å². The first-order valence-corrected chi connectivity index (χ1v) is 10.3. The Kier molecular flexibility index (Phi) is 7.11. The Morgan fingerprint density at radius 2 is 1.85 bits per heavy atom. The van der Waals surface area contributed by atoms with E-state index in [1.807, 2.05) is 0 Å². The molecule has 2 aromatic rings. The Labute approximate surface area is 163 Å². The van der Waals surface area contributed by atoms with Crippen LogP contribution in [-0.2, 0) is 6.54 Å².